The van der Waals surface area contributed by atoms with Gasteiger partial charge in [0.1, 0.15) is 6.10 Å². The van der Waals surface area contributed by atoms with E-state index < -0.39 is 0 Å². The Morgan fingerprint density at radius 1 is 1.56 bits per heavy atom. The maximum atomic E-state index is 10.9. The van der Waals surface area contributed by atoms with Crippen molar-refractivity contribution < 1.29 is 9.53 Å². The first kappa shape index (κ1) is 15.0. The van der Waals surface area contributed by atoms with Crippen LogP contribution >= 0.6 is 0 Å². The summed E-state index contributed by atoms with van der Waals surface area (Å²) in [6.45, 7) is 12.5. The second kappa shape index (κ2) is 5.73. The molecule has 2 heteroatoms. The molecule has 1 rings (SSSR count). The van der Waals surface area contributed by atoms with Crippen LogP contribution in [0.3, 0.4) is 0 Å². The zero-order valence-corrected chi connectivity index (χ0v) is 12.5. The Hall–Kier alpha value is -1.05. The maximum Gasteiger partial charge on any atom is 0.303 e. The van der Waals surface area contributed by atoms with Crippen LogP contribution in [0, 0.1) is 17.3 Å². The summed E-state index contributed by atoms with van der Waals surface area (Å²) < 4.78 is 5.13. The highest BCUT2D eigenvalue weighted by Crippen LogP contribution is 2.45. The Labute approximate surface area is 111 Å². The molecule has 0 aromatic rings. The molecule has 1 aliphatic rings. The fourth-order valence-corrected chi connectivity index (χ4v) is 2.66. The first-order valence-corrected chi connectivity index (χ1v) is 6.77. The molecule has 0 fully saturated rings. The lowest BCUT2D eigenvalue weighted by Crippen LogP contribution is -2.33. The summed E-state index contributed by atoms with van der Waals surface area (Å²) in [7, 11) is 0. The van der Waals surface area contributed by atoms with Crippen LogP contribution in [0.25, 0.3) is 0 Å². The van der Waals surface area contributed by atoms with Crippen LogP contribution in [0.4, 0.5) is 0 Å². The van der Waals surface area contributed by atoms with Crippen molar-refractivity contribution in [3.8, 4) is 0 Å². The van der Waals surface area contributed by atoms with Crippen molar-refractivity contribution in [3.05, 3.63) is 23.8 Å². The zero-order chi connectivity index (χ0) is 13.9. The molecule has 0 unspecified atom stereocenters. The van der Waals surface area contributed by atoms with Gasteiger partial charge in [0, 0.05) is 12.8 Å². The molecule has 0 saturated heterocycles. The van der Waals surface area contributed by atoms with E-state index in [9.17, 15) is 4.79 Å². The lowest BCUT2D eigenvalue weighted by Gasteiger charge is -2.42. The molecule has 1 aliphatic carbocycles. The summed E-state index contributed by atoms with van der Waals surface area (Å²) >= 11 is 0. The van der Waals surface area contributed by atoms with Crippen LogP contribution in [-0.2, 0) is 9.53 Å². The molecule has 0 heterocycles. The van der Waals surface area contributed by atoms with E-state index in [1.165, 1.54) is 12.5 Å². The van der Waals surface area contributed by atoms with E-state index in [0.29, 0.717) is 11.8 Å². The predicted octanol–water partition coefficient (Wildman–Crippen LogP) is 4.12. The summed E-state index contributed by atoms with van der Waals surface area (Å²) in [4.78, 5) is 10.9. The average molecular weight is 250 g/mol. The van der Waals surface area contributed by atoms with E-state index in [0.717, 1.165) is 6.42 Å². The van der Waals surface area contributed by atoms with Crippen molar-refractivity contribution in [3.63, 3.8) is 0 Å². The van der Waals surface area contributed by atoms with Gasteiger partial charge < -0.3 is 4.74 Å². The topological polar surface area (TPSA) is 26.3 Å². The number of hydrogen-bond donors (Lipinski definition) is 0. The van der Waals surface area contributed by atoms with Gasteiger partial charge in [0.05, 0.1) is 0 Å². The van der Waals surface area contributed by atoms with Crippen LogP contribution in [0.1, 0.15) is 48.0 Å². The van der Waals surface area contributed by atoms with Gasteiger partial charge in [0.25, 0.3) is 0 Å². The van der Waals surface area contributed by atoms with Gasteiger partial charge in [-0.3, -0.25) is 4.79 Å². The molecule has 3 atom stereocenters. The minimum Gasteiger partial charge on any atom is -0.459 e. The standard InChI is InChI=1S/C16H26O2/c1-11-7-8-12(2)16(5,6)15(11)10-9-13(3)18-14(4)17/h7,9-10,12-13,15H,8H2,1-6H3/t12-,13-,15+/m1/s1. The third-order valence-electron chi connectivity index (χ3n) is 4.28. The number of allylic oxidation sites excluding steroid dienone is 3. The van der Waals surface area contributed by atoms with E-state index >= 15 is 0 Å². The molecule has 0 amide bonds. The van der Waals surface area contributed by atoms with Crippen LogP contribution in [0.2, 0.25) is 0 Å². The van der Waals surface area contributed by atoms with Crippen molar-refractivity contribution in [2.45, 2.75) is 54.1 Å². The molecule has 0 aromatic carbocycles. The van der Waals surface area contributed by atoms with E-state index in [1.54, 1.807) is 0 Å². The maximum absolute atomic E-state index is 10.9. The second-order valence-corrected chi connectivity index (χ2v) is 6.08. The molecule has 0 bridgehead atoms. The molecule has 0 N–H and O–H groups in total. The minimum atomic E-state index is -0.226. The van der Waals surface area contributed by atoms with E-state index in [-0.39, 0.29) is 17.5 Å². The van der Waals surface area contributed by atoms with E-state index in [1.807, 2.05) is 13.0 Å². The Bertz CT molecular complexity index is 363. The Morgan fingerprint density at radius 3 is 2.72 bits per heavy atom. The lowest BCUT2D eigenvalue weighted by atomic mass is 9.63. The number of rotatable bonds is 3. The molecule has 0 saturated carbocycles. The first-order chi connectivity index (χ1) is 8.25. The van der Waals surface area contributed by atoms with Crippen molar-refractivity contribution in [2.75, 3.05) is 0 Å². The number of carbonyl (C=O) groups excluding carboxylic acids is 1. The largest absolute Gasteiger partial charge is 0.459 e. The van der Waals surface area contributed by atoms with Gasteiger partial charge in [0.15, 0.2) is 0 Å². The smallest absolute Gasteiger partial charge is 0.303 e. The van der Waals surface area contributed by atoms with Crippen molar-refractivity contribution in [2.24, 2.45) is 17.3 Å². The summed E-state index contributed by atoms with van der Waals surface area (Å²) in [5, 5.41) is 0. The zero-order valence-electron chi connectivity index (χ0n) is 12.5. The molecule has 0 spiro atoms. The predicted molar refractivity (Wildman–Crippen MR) is 75.2 cm³/mol. The van der Waals surface area contributed by atoms with Gasteiger partial charge in [-0.2, -0.15) is 0 Å². The monoisotopic (exact) mass is 250 g/mol. The fourth-order valence-electron chi connectivity index (χ4n) is 2.66. The van der Waals surface area contributed by atoms with Gasteiger partial charge in [-0.25, -0.2) is 0 Å². The van der Waals surface area contributed by atoms with Gasteiger partial charge >= 0.3 is 5.97 Å². The molecular weight excluding hydrogens is 224 g/mol. The number of hydrogen-bond acceptors (Lipinski definition) is 2. The van der Waals surface area contributed by atoms with Gasteiger partial charge in [-0.1, -0.05) is 38.5 Å². The minimum absolute atomic E-state index is 0.150. The highest BCUT2D eigenvalue weighted by Gasteiger charge is 2.36. The number of esters is 1. The van der Waals surface area contributed by atoms with Gasteiger partial charge in [-0.15, -0.1) is 0 Å². The number of ether oxygens (including phenoxy) is 1. The van der Waals surface area contributed by atoms with Crippen LogP contribution < -0.4 is 0 Å². The second-order valence-electron chi connectivity index (χ2n) is 6.08. The molecule has 18 heavy (non-hydrogen) atoms. The van der Waals surface area contributed by atoms with Gasteiger partial charge in [0.2, 0.25) is 0 Å². The molecule has 2 nitrogen and oxygen atoms in total. The van der Waals surface area contributed by atoms with Crippen molar-refractivity contribution >= 4 is 5.97 Å². The highest BCUT2D eigenvalue weighted by molar-refractivity contribution is 5.66. The molecule has 0 aliphatic heterocycles. The summed E-state index contributed by atoms with van der Waals surface area (Å²) in [6, 6.07) is 0. The molecule has 102 valence electrons. The Morgan fingerprint density at radius 2 is 2.17 bits per heavy atom. The Kier molecular flexibility index (Phi) is 4.78. The summed E-state index contributed by atoms with van der Waals surface area (Å²) in [5.41, 5.74) is 1.68. The highest BCUT2D eigenvalue weighted by atomic mass is 16.5. The third-order valence-corrected chi connectivity index (χ3v) is 4.28. The third kappa shape index (κ3) is 3.47. The van der Waals surface area contributed by atoms with Crippen molar-refractivity contribution in [1.82, 2.24) is 0 Å². The summed E-state index contributed by atoms with van der Waals surface area (Å²) in [6.07, 6.45) is 7.55. The molecule has 0 aromatic heterocycles. The van der Waals surface area contributed by atoms with E-state index in [4.69, 9.17) is 4.74 Å². The van der Waals surface area contributed by atoms with Crippen molar-refractivity contribution in [1.29, 1.82) is 0 Å². The number of carbonyl (C=O) groups is 1. The van der Waals surface area contributed by atoms with Crippen LogP contribution in [0.15, 0.2) is 23.8 Å². The first-order valence-electron chi connectivity index (χ1n) is 6.77. The Balaban J connectivity index is 2.80. The average Bonchev–Trinajstić information content (AvgIpc) is 2.22. The molecule has 0 radical (unpaired) electrons. The van der Waals surface area contributed by atoms with Gasteiger partial charge in [-0.05, 0) is 37.7 Å². The normalized spacial score (nSPS) is 28.9. The lowest BCUT2D eigenvalue weighted by molar-refractivity contribution is -0.143. The SMILES string of the molecule is CC(=O)O[C@H](C)C=C[C@H]1C(C)=CC[C@@H](C)C1(C)C. The quantitative estimate of drug-likeness (QED) is 0.556. The fraction of sp³-hybridized carbons (Fsp3) is 0.688. The van der Waals surface area contributed by atoms with Crippen LogP contribution in [-0.4, -0.2) is 12.1 Å². The van der Waals surface area contributed by atoms with E-state index in [2.05, 4.69) is 39.8 Å². The molecular formula is C16H26O2. The van der Waals surface area contributed by atoms with Crippen LogP contribution in [0.5, 0.6) is 0 Å². The summed E-state index contributed by atoms with van der Waals surface area (Å²) in [5.74, 6) is 0.870.